The van der Waals surface area contributed by atoms with Gasteiger partial charge in [-0.1, -0.05) is 12.1 Å². The highest BCUT2D eigenvalue weighted by Crippen LogP contribution is 2.50. The summed E-state index contributed by atoms with van der Waals surface area (Å²) in [6.45, 7) is 2.28. The normalized spacial score (nSPS) is 21.5. The Balaban J connectivity index is 1.46. The number of aromatic nitrogens is 2. The van der Waals surface area contributed by atoms with E-state index in [9.17, 15) is 9.59 Å². The van der Waals surface area contributed by atoms with E-state index in [2.05, 4.69) is 20.2 Å². The van der Waals surface area contributed by atoms with Crippen molar-refractivity contribution in [2.75, 3.05) is 45.3 Å². The number of anilines is 1. The van der Waals surface area contributed by atoms with Crippen LogP contribution in [0, 0.1) is 0 Å². The zero-order valence-electron chi connectivity index (χ0n) is 20.8. The Kier molecular flexibility index (Phi) is 7.18. The summed E-state index contributed by atoms with van der Waals surface area (Å²) in [4.78, 5) is 40.8. The van der Waals surface area contributed by atoms with Crippen LogP contribution >= 0.6 is 11.8 Å². The molecule has 2 aromatic carbocycles. The van der Waals surface area contributed by atoms with Crippen LogP contribution < -0.4 is 19.7 Å². The summed E-state index contributed by atoms with van der Waals surface area (Å²) >= 11 is 1.43. The number of carbonyl (C=O) groups excluding carboxylic acids is 2. The Morgan fingerprint density at radius 1 is 0.946 bits per heavy atom. The summed E-state index contributed by atoms with van der Waals surface area (Å²) in [6, 6.07) is 16.4. The number of thioether (sulfide) groups is 1. The number of piperazine rings is 1. The number of amides is 2. The first-order chi connectivity index (χ1) is 18.0. The van der Waals surface area contributed by atoms with Crippen LogP contribution in [0.25, 0.3) is 0 Å². The molecule has 192 valence electrons. The highest BCUT2D eigenvalue weighted by molar-refractivity contribution is 8.01. The van der Waals surface area contributed by atoms with Gasteiger partial charge in [0.1, 0.15) is 16.2 Å². The lowest BCUT2D eigenvalue weighted by atomic mass is 9.91. The van der Waals surface area contributed by atoms with E-state index in [0.717, 1.165) is 16.2 Å². The van der Waals surface area contributed by atoms with Gasteiger partial charge in [0.15, 0.2) is 0 Å². The van der Waals surface area contributed by atoms with E-state index in [0.29, 0.717) is 37.9 Å². The van der Waals surface area contributed by atoms with Gasteiger partial charge in [-0.25, -0.2) is 9.97 Å². The highest BCUT2D eigenvalue weighted by atomic mass is 32.2. The fourth-order valence-electron chi connectivity index (χ4n) is 4.84. The number of hydrogen-bond acceptors (Lipinski definition) is 8. The van der Waals surface area contributed by atoms with Gasteiger partial charge in [-0.2, -0.15) is 0 Å². The molecule has 0 unspecified atom stereocenters. The Bertz CT molecular complexity index is 1230. The monoisotopic (exact) mass is 519 g/mol. The van der Waals surface area contributed by atoms with Gasteiger partial charge < -0.3 is 24.6 Å². The number of benzene rings is 2. The summed E-state index contributed by atoms with van der Waals surface area (Å²) < 4.78 is 9.57. The van der Waals surface area contributed by atoms with Gasteiger partial charge in [0.05, 0.1) is 26.7 Å². The van der Waals surface area contributed by atoms with Crippen molar-refractivity contribution in [3.63, 3.8) is 0 Å². The van der Waals surface area contributed by atoms with Gasteiger partial charge in [0.2, 0.25) is 17.8 Å². The van der Waals surface area contributed by atoms with Crippen molar-refractivity contribution >= 4 is 29.5 Å². The van der Waals surface area contributed by atoms with Gasteiger partial charge in [0, 0.05) is 43.5 Å². The van der Waals surface area contributed by atoms with Crippen LogP contribution in [-0.2, 0) is 9.59 Å². The van der Waals surface area contributed by atoms with Crippen LogP contribution in [0.3, 0.4) is 0 Å². The Morgan fingerprint density at radius 2 is 1.54 bits per heavy atom. The van der Waals surface area contributed by atoms with Crippen molar-refractivity contribution in [3.8, 4) is 11.5 Å². The molecule has 0 saturated carbocycles. The van der Waals surface area contributed by atoms with E-state index in [-0.39, 0.29) is 18.2 Å². The first-order valence-corrected chi connectivity index (χ1v) is 12.9. The number of methoxy groups -OCH3 is 2. The molecular weight excluding hydrogens is 490 g/mol. The smallest absolute Gasteiger partial charge is 0.242 e. The average Bonchev–Trinajstić information content (AvgIpc) is 3.30. The summed E-state index contributed by atoms with van der Waals surface area (Å²) in [5, 5.41) is 3.09. The molecular formula is C27H29N5O4S. The molecule has 1 N–H and O–H groups in total. The maximum atomic E-state index is 14.4. The van der Waals surface area contributed by atoms with Crippen LogP contribution in [0.1, 0.15) is 18.0 Å². The molecule has 0 bridgehead atoms. The first-order valence-electron chi connectivity index (χ1n) is 12.1. The van der Waals surface area contributed by atoms with Crippen molar-refractivity contribution in [3.05, 3.63) is 72.6 Å². The average molecular weight is 520 g/mol. The molecule has 37 heavy (non-hydrogen) atoms. The zero-order chi connectivity index (χ0) is 25.8. The van der Waals surface area contributed by atoms with Crippen LogP contribution in [-0.4, -0.2) is 71.8 Å². The van der Waals surface area contributed by atoms with Crippen molar-refractivity contribution in [2.45, 2.75) is 22.1 Å². The topological polar surface area (TPSA) is 96.9 Å². The van der Waals surface area contributed by atoms with Gasteiger partial charge >= 0.3 is 0 Å². The molecule has 10 heteroatoms. The molecule has 2 aliphatic heterocycles. The van der Waals surface area contributed by atoms with Gasteiger partial charge in [-0.05, 0) is 48.0 Å². The molecule has 0 radical (unpaired) electrons. The van der Waals surface area contributed by atoms with E-state index < -0.39 is 10.8 Å². The largest absolute Gasteiger partial charge is 0.497 e. The minimum atomic E-state index is -1.05. The van der Waals surface area contributed by atoms with Crippen molar-refractivity contribution in [1.82, 2.24) is 20.2 Å². The zero-order valence-corrected chi connectivity index (χ0v) is 21.6. The molecule has 2 atom stereocenters. The van der Waals surface area contributed by atoms with E-state index in [1.165, 1.54) is 11.8 Å². The number of ether oxygens (including phenoxy) is 2. The van der Waals surface area contributed by atoms with Crippen LogP contribution in [0.2, 0.25) is 0 Å². The van der Waals surface area contributed by atoms with Gasteiger partial charge in [0.25, 0.3) is 0 Å². The minimum absolute atomic E-state index is 0.0545. The Hall–Kier alpha value is -3.79. The molecule has 2 saturated heterocycles. The third-order valence-corrected chi connectivity index (χ3v) is 8.19. The second-order valence-corrected chi connectivity index (χ2v) is 10.3. The molecule has 3 aromatic rings. The number of hydrogen-bond donors (Lipinski definition) is 1. The lowest BCUT2D eigenvalue weighted by Gasteiger charge is -2.41. The summed E-state index contributed by atoms with van der Waals surface area (Å²) in [6.07, 6.45) is 3.52. The van der Waals surface area contributed by atoms with Crippen molar-refractivity contribution in [1.29, 1.82) is 0 Å². The van der Waals surface area contributed by atoms with E-state index in [1.807, 2.05) is 53.4 Å². The SMILES string of the molecule is COc1ccc(S[C@]2(C(=O)N3CCN(c4ncccn4)CC3)CC(=O)N[C@@H]2c2ccc(OC)cc2)cc1. The van der Waals surface area contributed by atoms with E-state index in [1.54, 1.807) is 32.7 Å². The number of rotatable bonds is 7. The predicted octanol–water partition coefficient (Wildman–Crippen LogP) is 2.93. The summed E-state index contributed by atoms with van der Waals surface area (Å²) in [5.74, 6) is 1.90. The van der Waals surface area contributed by atoms with Crippen molar-refractivity contribution < 1.29 is 19.1 Å². The number of carbonyl (C=O) groups is 2. The summed E-state index contributed by atoms with van der Waals surface area (Å²) in [7, 11) is 3.23. The summed E-state index contributed by atoms with van der Waals surface area (Å²) in [5.41, 5.74) is 0.859. The Labute approximate surface area is 220 Å². The fourth-order valence-corrected chi connectivity index (χ4v) is 6.27. The van der Waals surface area contributed by atoms with E-state index in [4.69, 9.17) is 9.47 Å². The molecule has 0 spiro atoms. The standard InChI is InChI=1S/C27H29N5O4S/c1-35-20-6-4-19(5-7-20)24-27(18-23(33)30-24,37-22-10-8-21(36-2)9-11-22)25(34)31-14-16-32(17-15-31)26-28-12-3-13-29-26/h3-13,24H,14-18H2,1-2H3,(H,30,33)/t24-,27-/m1/s1. The van der Waals surface area contributed by atoms with Crippen LogP contribution in [0.15, 0.2) is 71.9 Å². The second-order valence-electron chi connectivity index (χ2n) is 8.95. The third-order valence-electron chi connectivity index (χ3n) is 6.77. The lowest BCUT2D eigenvalue weighted by molar-refractivity contribution is -0.135. The van der Waals surface area contributed by atoms with Gasteiger partial charge in [-0.15, -0.1) is 11.8 Å². The maximum absolute atomic E-state index is 14.4. The molecule has 3 heterocycles. The first kappa shape index (κ1) is 24.9. The molecule has 5 rings (SSSR count). The fraction of sp³-hybridized carbons (Fsp3) is 0.333. The minimum Gasteiger partial charge on any atom is -0.497 e. The highest BCUT2D eigenvalue weighted by Gasteiger charge is 2.56. The molecule has 2 amide bonds. The quantitative estimate of drug-likeness (QED) is 0.509. The Morgan fingerprint density at radius 3 is 2.14 bits per heavy atom. The predicted molar refractivity (Wildman–Crippen MR) is 141 cm³/mol. The second kappa shape index (κ2) is 10.7. The molecule has 2 fully saturated rings. The molecule has 2 aliphatic rings. The molecule has 9 nitrogen and oxygen atoms in total. The van der Waals surface area contributed by atoms with Crippen molar-refractivity contribution in [2.24, 2.45) is 0 Å². The number of nitrogens with one attached hydrogen (secondary N) is 1. The molecule has 0 aliphatic carbocycles. The van der Waals surface area contributed by atoms with Crippen LogP contribution in [0.5, 0.6) is 11.5 Å². The van der Waals surface area contributed by atoms with E-state index >= 15 is 0 Å². The molecule has 1 aromatic heterocycles. The van der Waals surface area contributed by atoms with Crippen LogP contribution in [0.4, 0.5) is 5.95 Å². The maximum Gasteiger partial charge on any atom is 0.242 e. The van der Waals surface area contributed by atoms with Gasteiger partial charge in [-0.3, -0.25) is 9.59 Å². The third kappa shape index (κ3) is 5.06. The lowest BCUT2D eigenvalue weighted by Crippen LogP contribution is -2.56. The number of nitrogens with zero attached hydrogens (tertiary/aromatic N) is 4.